The van der Waals surface area contributed by atoms with E-state index < -0.39 is 46.2 Å². The molecule has 0 radical (unpaired) electrons. The standard InChI is InChI=1S/C17H11F5N4O2/c1-2-26-17(28)8-6-4-3-5-7(8)14(25-26)16(27)24-23-15-12(21)10(19)9(18)11(20)13(15)22/h3-6,23H,2H2,1H3,(H,24,27). The van der Waals surface area contributed by atoms with Crippen LogP contribution in [0.4, 0.5) is 27.6 Å². The van der Waals surface area contributed by atoms with Crippen molar-refractivity contribution < 1.29 is 26.7 Å². The summed E-state index contributed by atoms with van der Waals surface area (Å²) >= 11 is 0. The van der Waals surface area contributed by atoms with Gasteiger partial charge in [0.15, 0.2) is 29.0 Å². The van der Waals surface area contributed by atoms with E-state index >= 15 is 0 Å². The number of fused-ring (bicyclic) bond motifs is 1. The lowest BCUT2D eigenvalue weighted by molar-refractivity contribution is 0.0957. The highest BCUT2D eigenvalue weighted by Gasteiger charge is 2.26. The Balaban J connectivity index is 2.00. The summed E-state index contributed by atoms with van der Waals surface area (Å²) in [7, 11) is 0. The van der Waals surface area contributed by atoms with Crippen LogP contribution in [0.25, 0.3) is 10.8 Å². The van der Waals surface area contributed by atoms with E-state index in [0.717, 1.165) is 4.68 Å². The van der Waals surface area contributed by atoms with Crippen LogP contribution in [-0.4, -0.2) is 15.7 Å². The Hall–Kier alpha value is -3.50. The molecule has 1 amide bonds. The third-order valence-corrected chi connectivity index (χ3v) is 3.89. The van der Waals surface area contributed by atoms with Gasteiger partial charge in [-0.25, -0.2) is 26.6 Å². The normalized spacial score (nSPS) is 10.9. The highest BCUT2D eigenvalue weighted by molar-refractivity contribution is 6.05. The fourth-order valence-corrected chi connectivity index (χ4v) is 2.51. The van der Waals surface area contributed by atoms with E-state index in [4.69, 9.17) is 0 Å². The number of nitrogens with zero attached hydrogens (tertiary/aromatic N) is 2. The number of anilines is 1. The number of carbonyl (C=O) groups excluding carboxylic acids is 1. The molecule has 2 aromatic carbocycles. The minimum Gasteiger partial charge on any atom is -0.293 e. The molecule has 0 aliphatic rings. The van der Waals surface area contributed by atoms with Crippen molar-refractivity contribution in [1.82, 2.24) is 15.2 Å². The number of rotatable bonds is 4. The Bertz CT molecular complexity index is 1130. The minimum absolute atomic E-state index is 0.134. The Labute approximate surface area is 153 Å². The first-order valence-electron chi connectivity index (χ1n) is 7.85. The van der Waals surface area contributed by atoms with Crippen molar-refractivity contribution in [2.24, 2.45) is 0 Å². The highest BCUT2D eigenvalue weighted by atomic mass is 19.2. The van der Waals surface area contributed by atoms with Crippen LogP contribution in [0, 0.1) is 29.1 Å². The van der Waals surface area contributed by atoms with E-state index in [-0.39, 0.29) is 23.0 Å². The summed E-state index contributed by atoms with van der Waals surface area (Å²) in [6, 6.07) is 5.99. The van der Waals surface area contributed by atoms with Gasteiger partial charge in [-0.2, -0.15) is 5.10 Å². The maximum absolute atomic E-state index is 13.7. The first-order valence-corrected chi connectivity index (χ1v) is 7.85. The first-order chi connectivity index (χ1) is 13.3. The van der Waals surface area contributed by atoms with Gasteiger partial charge >= 0.3 is 0 Å². The van der Waals surface area contributed by atoms with Gasteiger partial charge in [0.05, 0.1) is 5.39 Å². The highest BCUT2D eigenvalue weighted by Crippen LogP contribution is 2.26. The summed E-state index contributed by atoms with van der Waals surface area (Å²) in [6.45, 7) is 1.74. The molecule has 0 bridgehead atoms. The molecule has 3 rings (SSSR count). The van der Waals surface area contributed by atoms with Crippen LogP contribution < -0.4 is 16.4 Å². The Morgan fingerprint density at radius 3 is 2.07 bits per heavy atom. The first kappa shape index (κ1) is 19.3. The second kappa shape index (κ2) is 7.25. The van der Waals surface area contributed by atoms with Crippen LogP contribution in [0.1, 0.15) is 17.4 Å². The van der Waals surface area contributed by atoms with Crippen molar-refractivity contribution in [1.29, 1.82) is 0 Å². The van der Waals surface area contributed by atoms with E-state index in [1.807, 2.05) is 5.43 Å². The van der Waals surface area contributed by atoms with E-state index in [1.165, 1.54) is 18.2 Å². The average molecular weight is 398 g/mol. The lowest BCUT2D eigenvalue weighted by Gasteiger charge is -2.13. The van der Waals surface area contributed by atoms with Crippen molar-refractivity contribution >= 4 is 22.4 Å². The van der Waals surface area contributed by atoms with Gasteiger partial charge in [0.2, 0.25) is 5.82 Å². The number of aryl methyl sites for hydroxylation is 1. The summed E-state index contributed by atoms with van der Waals surface area (Å²) in [5.41, 5.74) is 1.34. The molecule has 6 nitrogen and oxygen atoms in total. The summed E-state index contributed by atoms with van der Waals surface area (Å²) in [6.07, 6.45) is 0. The number of aromatic nitrogens is 2. The van der Waals surface area contributed by atoms with Crippen LogP contribution in [0.15, 0.2) is 29.1 Å². The zero-order valence-corrected chi connectivity index (χ0v) is 14.1. The lowest BCUT2D eigenvalue weighted by atomic mass is 10.1. The van der Waals surface area contributed by atoms with Crippen LogP contribution >= 0.6 is 0 Å². The number of amides is 1. The summed E-state index contributed by atoms with van der Waals surface area (Å²) < 4.78 is 67.9. The molecule has 0 fully saturated rings. The molecule has 0 atom stereocenters. The molecule has 2 N–H and O–H groups in total. The number of hydrazine groups is 1. The predicted octanol–water partition coefficient (Wildman–Crippen LogP) is 2.87. The fourth-order valence-electron chi connectivity index (χ4n) is 2.51. The van der Waals surface area contributed by atoms with Crippen LogP contribution in [-0.2, 0) is 6.54 Å². The molecule has 1 aromatic heterocycles. The van der Waals surface area contributed by atoms with Gasteiger partial charge in [-0.1, -0.05) is 18.2 Å². The molecule has 0 aliphatic heterocycles. The molecule has 3 aromatic rings. The topological polar surface area (TPSA) is 76.0 Å². The maximum atomic E-state index is 13.7. The molecule has 0 saturated heterocycles. The number of hydrogen-bond donors (Lipinski definition) is 2. The summed E-state index contributed by atoms with van der Waals surface area (Å²) in [5.74, 6) is -12.0. The zero-order chi connectivity index (χ0) is 20.6. The van der Waals surface area contributed by atoms with Crippen molar-refractivity contribution in [2.45, 2.75) is 13.5 Å². The molecule has 11 heteroatoms. The van der Waals surface area contributed by atoms with Gasteiger partial charge in [0.1, 0.15) is 5.69 Å². The third-order valence-electron chi connectivity index (χ3n) is 3.89. The van der Waals surface area contributed by atoms with Crippen molar-refractivity contribution in [3.63, 3.8) is 0 Å². The van der Waals surface area contributed by atoms with Crippen molar-refractivity contribution in [3.8, 4) is 0 Å². The maximum Gasteiger partial charge on any atom is 0.290 e. The van der Waals surface area contributed by atoms with E-state index in [0.29, 0.717) is 0 Å². The Morgan fingerprint density at radius 1 is 0.964 bits per heavy atom. The molecule has 0 spiro atoms. The molecular formula is C17H11F5N4O2. The SMILES string of the molecule is CCn1nc(C(=O)NNc2c(F)c(F)c(F)c(F)c2F)c2ccccc2c1=O. The lowest BCUT2D eigenvalue weighted by Crippen LogP contribution is -2.34. The monoisotopic (exact) mass is 398 g/mol. The average Bonchev–Trinajstić information content (AvgIpc) is 2.71. The summed E-state index contributed by atoms with van der Waals surface area (Å²) in [5, 5.41) is 4.20. The molecule has 1 heterocycles. The summed E-state index contributed by atoms with van der Waals surface area (Å²) in [4.78, 5) is 24.7. The molecule has 0 saturated carbocycles. The van der Waals surface area contributed by atoms with Crippen molar-refractivity contribution in [3.05, 3.63) is 69.4 Å². The van der Waals surface area contributed by atoms with Crippen molar-refractivity contribution in [2.75, 3.05) is 5.43 Å². The largest absolute Gasteiger partial charge is 0.293 e. The van der Waals surface area contributed by atoms with Gasteiger partial charge in [-0.15, -0.1) is 0 Å². The number of benzene rings is 2. The van der Waals surface area contributed by atoms with E-state index in [1.54, 1.807) is 18.4 Å². The quantitative estimate of drug-likeness (QED) is 0.307. The van der Waals surface area contributed by atoms with Gasteiger partial charge in [0, 0.05) is 11.9 Å². The number of nitrogens with one attached hydrogen (secondary N) is 2. The fraction of sp³-hybridized carbons (Fsp3) is 0.118. The Morgan fingerprint density at radius 2 is 1.50 bits per heavy atom. The van der Waals surface area contributed by atoms with Crippen LogP contribution in [0.3, 0.4) is 0 Å². The van der Waals surface area contributed by atoms with E-state index in [2.05, 4.69) is 5.10 Å². The predicted molar refractivity (Wildman–Crippen MR) is 89.0 cm³/mol. The minimum atomic E-state index is -2.32. The van der Waals surface area contributed by atoms with Gasteiger partial charge in [-0.05, 0) is 13.0 Å². The molecule has 28 heavy (non-hydrogen) atoms. The molecule has 146 valence electrons. The number of hydrogen-bond acceptors (Lipinski definition) is 4. The van der Waals surface area contributed by atoms with Gasteiger partial charge < -0.3 is 0 Å². The number of carbonyl (C=O) groups is 1. The van der Waals surface area contributed by atoms with Crippen LogP contribution in [0.5, 0.6) is 0 Å². The zero-order valence-electron chi connectivity index (χ0n) is 14.1. The third kappa shape index (κ3) is 3.04. The van der Waals surface area contributed by atoms with Gasteiger partial charge in [0.25, 0.3) is 11.5 Å². The second-order valence-corrected chi connectivity index (χ2v) is 5.54. The molecular weight excluding hydrogens is 387 g/mol. The number of halogens is 5. The Kier molecular flexibility index (Phi) is 4.99. The van der Waals surface area contributed by atoms with Gasteiger partial charge in [-0.3, -0.25) is 20.4 Å². The van der Waals surface area contributed by atoms with E-state index in [9.17, 15) is 31.5 Å². The van der Waals surface area contributed by atoms with Crippen LogP contribution in [0.2, 0.25) is 0 Å². The second-order valence-electron chi connectivity index (χ2n) is 5.54. The molecule has 0 unspecified atom stereocenters. The molecule has 0 aliphatic carbocycles. The smallest absolute Gasteiger partial charge is 0.290 e.